The predicted molar refractivity (Wildman–Crippen MR) is 71.8 cm³/mol. The van der Waals surface area contributed by atoms with Gasteiger partial charge in [-0.2, -0.15) is 0 Å². The maximum atomic E-state index is 8.56. The van der Waals surface area contributed by atoms with Crippen molar-refractivity contribution in [2.24, 2.45) is 16.8 Å². The second-order valence-electron chi connectivity index (χ2n) is 4.68. The van der Waals surface area contributed by atoms with E-state index in [2.05, 4.69) is 33.9 Å². The van der Waals surface area contributed by atoms with Crippen LogP contribution in [0.5, 0.6) is 0 Å². The highest BCUT2D eigenvalue weighted by molar-refractivity contribution is 5.80. The SMILES string of the molecule is Cc1ccnc(N(CCC(N)=NO)CC(C)C)n1. The molecule has 0 spiro atoms. The summed E-state index contributed by atoms with van der Waals surface area (Å²) in [5.74, 6) is 1.40. The lowest BCUT2D eigenvalue weighted by atomic mass is 10.2. The third-order valence-corrected chi connectivity index (χ3v) is 2.42. The summed E-state index contributed by atoms with van der Waals surface area (Å²) in [6.07, 6.45) is 2.23. The standard InChI is InChI=1S/C12H21N5O/c1-9(2)8-17(7-5-11(13)16-18)12-14-6-4-10(3)15-12/h4,6,9,18H,5,7-8H2,1-3H3,(H2,13,16). The largest absolute Gasteiger partial charge is 0.409 e. The number of anilines is 1. The number of oxime groups is 1. The van der Waals surface area contributed by atoms with E-state index in [4.69, 9.17) is 10.9 Å². The van der Waals surface area contributed by atoms with Crippen molar-refractivity contribution >= 4 is 11.8 Å². The third-order valence-electron chi connectivity index (χ3n) is 2.42. The molecule has 0 amide bonds. The molecule has 0 atom stereocenters. The minimum atomic E-state index is 0.219. The molecule has 0 saturated heterocycles. The molecule has 1 aromatic rings. The fourth-order valence-electron chi connectivity index (χ4n) is 1.60. The highest BCUT2D eigenvalue weighted by Gasteiger charge is 2.12. The van der Waals surface area contributed by atoms with E-state index in [0.29, 0.717) is 24.8 Å². The molecule has 0 saturated carbocycles. The molecule has 0 bridgehead atoms. The molecule has 0 aromatic carbocycles. The summed E-state index contributed by atoms with van der Waals surface area (Å²) < 4.78 is 0. The molecule has 1 aromatic heterocycles. The molecule has 100 valence electrons. The summed E-state index contributed by atoms with van der Waals surface area (Å²) in [7, 11) is 0. The number of aromatic nitrogens is 2. The molecular weight excluding hydrogens is 230 g/mol. The Morgan fingerprint density at radius 1 is 1.56 bits per heavy atom. The van der Waals surface area contributed by atoms with E-state index in [-0.39, 0.29) is 5.84 Å². The lowest BCUT2D eigenvalue weighted by Crippen LogP contribution is -2.32. The first-order valence-corrected chi connectivity index (χ1v) is 6.04. The Hall–Kier alpha value is -1.85. The van der Waals surface area contributed by atoms with Crippen molar-refractivity contribution < 1.29 is 5.21 Å². The number of nitrogens with two attached hydrogens (primary N) is 1. The lowest BCUT2D eigenvalue weighted by molar-refractivity contribution is 0.317. The minimum Gasteiger partial charge on any atom is -0.409 e. The molecular formula is C12H21N5O. The van der Waals surface area contributed by atoms with Crippen LogP contribution in [0, 0.1) is 12.8 Å². The Morgan fingerprint density at radius 3 is 2.83 bits per heavy atom. The number of amidine groups is 1. The van der Waals surface area contributed by atoms with Gasteiger partial charge >= 0.3 is 0 Å². The predicted octanol–water partition coefficient (Wildman–Crippen LogP) is 1.38. The minimum absolute atomic E-state index is 0.219. The topological polar surface area (TPSA) is 87.6 Å². The van der Waals surface area contributed by atoms with Crippen LogP contribution in [0.4, 0.5) is 5.95 Å². The van der Waals surface area contributed by atoms with Gasteiger partial charge < -0.3 is 15.8 Å². The van der Waals surface area contributed by atoms with Crippen molar-refractivity contribution in [3.63, 3.8) is 0 Å². The Morgan fingerprint density at radius 2 is 2.28 bits per heavy atom. The van der Waals surface area contributed by atoms with Gasteiger partial charge in [0, 0.05) is 31.4 Å². The summed E-state index contributed by atoms with van der Waals surface area (Å²) >= 11 is 0. The molecule has 1 rings (SSSR count). The number of nitrogens with zero attached hydrogens (tertiary/aromatic N) is 4. The van der Waals surface area contributed by atoms with E-state index < -0.39 is 0 Å². The average molecular weight is 251 g/mol. The molecule has 3 N–H and O–H groups in total. The van der Waals surface area contributed by atoms with Gasteiger partial charge in [-0.05, 0) is 18.9 Å². The fraction of sp³-hybridized carbons (Fsp3) is 0.583. The van der Waals surface area contributed by atoms with E-state index in [1.807, 2.05) is 13.0 Å². The monoisotopic (exact) mass is 251 g/mol. The molecule has 1 heterocycles. The van der Waals surface area contributed by atoms with Gasteiger partial charge in [-0.15, -0.1) is 0 Å². The van der Waals surface area contributed by atoms with Crippen LogP contribution >= 0.6 is 0 Å². The molecule has 6 nitrogen and oxygen atoms in total. The summed E-state index contributed by atoms with van der Waals surface area (Å²) in [5, 5.41) is 11.5. The van der Waals surface area contributed by atoms with Crippen LogP contribution in [0.2, 0.25) is 0 Å². The molecule has 0 aliphatic rings. The van der Waals surface area contributed by atoms with Crippen molar-refractivity contribution in [2.75, 3.05) is 18.0 Å². The molecule has 6 heteroatoms. The number of rotatable bonds is 6. The molecule has 0 fully saturated rings. The third kappa shape index (κ3) is 4.57. The summed E-state index contributed by atoms with van der Waals surface area (Å²) in [6.45, 7) is 7.67. The lowest BCUT2D eigenvalue weighted by Gasteiger charge is -2.24. The zero-order valence-corrected chi connectivity index (χ0v) is 11.2. The highest BCUT2D eigenvalue weighted by atomic mass is 16.4. The Balaban J connectivity index is 2.77. The quantitative estimate of drug-likeness (QED) is 0.345. The van der Waals surface area contributed by atoms with Gasteiger partial charge in [0.2, 0.25) is 5.95 Å². The maximum absolute atomic E-state index is 8.56. The molecule has 0 aliphatic carbocycles. The van der Waals surface area contributed by atoms with Crippen LogP contribution in [0.3, 0.4) is 0 Å². The molecule has 0 aliphatic heterocycles. The van der Waals surface area contributed by atoms with Gasteiger partial charge in [-0.25, -0.2) is 9.97 Å². The first-order valence-electron chi connectivity index (χ1n) is 6.04. The van der Waals surface area contributed by atoms with E-state index in [9.17, 15) is 0 Å². The maximum Gasteiger partial charge on any atom is 0.225 e. The van der Waals surface area contributed by atoms with Crippen molar-refractivity contribution in [3.8, 4) is 0 Å². The van der Waals surface area contributed by atoms with Crippen LogP contribution in [-0.4, -0.2) is 34.1 Å². The van der Waals surface area contributed by atoms with Gasteiger partial charge in [-0.3, -0.25) is 0 Å². The van der Waals surface area contributed by atoms with E-state index in [1.165, 1.54) is 0 Å². The number of hydrogen-bond donors (Lipinski definition) is 2. The van der Waals surface area contributed by atoms with Gasteiger partial charge in [-0.1, -0.05) is 19.0 Å². The van der Waals surface area contributed by atoms with Gasteiger partial charge in [0.15, 0.2) is 0 Å². The first-order chi connectivity index (χ1) is 8.52. The van der Waals surface area contributed by atoms with Crippen molar-refractivity contribution in [2.45, 2.75) is 27.2 Å². The van der Waals surface area contributed by atoms with Crippen LogP contribution in [0.15, 0.2) is 17.4 Å². The van der Waals surface area contributed by atoms with E-state index >= 15 is 0 Å². The zero-order valence-electron chi connectivity index (χ0n) is 11.2. The van der Waals surface area contributed by atoms with Crippen molar-refractivity contribution in [1.82, 2.24) is 9.97 Å². The summed E-state index contributed by atoms with van der Waals surface area (Å²) in [4.78, 5) is 10.7. The van der Waals surface area contributed by atoms with E-state index in [0.717, 1.165) is 12.2 Å². The smallest absolute Gasteiger partial charge is 0.225 e. The molecule has 0 unspecified atom stereocenters. The Kier molecular flexibility index (Phi) is 5.35. The average Bonchev–Trinajstić information content (AvgIpc) is 2.33. The zero-order chi connectivity index (χ0) is 13.5. The first kappa shape index (κ1) is 14.2. The molecule has 18 heavy (non-hydrogen) atoms. The van der Waals surface area contributed by atoms with Crippen LogP contribution in [-0.2, 0) is 0 Å². The summed E-state index contributed by atoms with van der Waals surface area (Å²) in [6, 6.07) is 1.86. The van der Waals surface area contributed by atoms with Crippen LogP contribution in [0.1, 0.15) is 26.0 Å². The van der Waals surface area contributed by atoms with E-state index in [1.54, 1.807) is 6.20 Å². The fourth-order valence-corrected chi connectivity index (χ4v) is 1.60. The Labute approximate surface area is 108 Å². The second-order valence-corrected chi connectivity index (χ2v) is 4.68. The molecule has 0 radical (unpaired) electrons. The van der Waals surface area contributed by atoms with Crippen LogP contribution < -0.4 is 10.6 Å². The van der Waals surface area contributed by atoms with Gasteiger partial charge in [0.1, 0.15) is 5.84 Å². The highest BCUT2D eigenvalue weighted by Crippen LogP contribution is 2.10. The van der Waals surface area contributed by atoms with Gasteiger partial charge in [0.25, 0.3) is 0 Å². The number of aryl methyl sites for hydroxylation is 1. The van der Waals surface area contributed by atoms with Gasteiger partial charge in [0.05, 0.1) is 0 Å². The van der Waals surface area contributed by atoms with Crippen molar-refractivity contribution in [3.05, 3.63) is 18.0 Å². The van der Waals surface area contributed by atoms with Crippen molar-refractivity contribution in [1.29, 1.82) is 0 Å². The Bertz CT molecular complexity index is 405. The second kappa shape index (κ2) is 6.78. The summed E-state index contributed by atoms with van der Waals surface area (Å²) in [5.41, 5.74) is 6.42. The number of hydrogen-bond acceptors (Lipinski definition) is 5. The normalized spacial score (nSPS) is 11.9. The van der Waals surface area contributed by atoms with Crippen LogP contribution in [0.25, 0.3) is 0 Å².